The monoisotopic (exact) mass is 471 g/mol. The number of nitrogens with zero attached hydrogens (tertiary/aromatic N) is 1. The van der Waals surface area contributed by atoms with E-state index in [1.54, 1.807) is 0 Å². The second-order valence-electron chi connectivity index (χ2n) is 8.85. The summed E-state index contributed by atoms with van der Waals surface area (Å²) in [4.78, 5) is 0. The van der Waals surface area contributed by atoms with Crippen molar-refractivity contribution in [3.8, 4) is 11.8 Å². The van der Waals surface area contributed by atoms with Gasteiger partial charge in [0.2, 0.25) is 0 Å². The van der Waals surface area contributed by atoms with Crippen LogP contribution in [-0.2, 0) is 27.8 Å². The fraction of sp³-hybridized carbons (Fsp3) is 0.636. The van der Waals surface area contributed by atoms with E-state index >= 15 is 0 Å². The van der Waals surface area contributed by atoms with E-state index in [1.165, 1.54) is 0 Å². The van der Waals surface area contributed by atoms with Gasteiger partial charge in [0.15, 0.2) is 0 Å². The minimum atomic E-state index is -4.57. The smallest absolute Gasteiger partial charge is 0.379 e. The topological polar surface area (TPSA) is 84.7 Å². The molecule has 0 unspecified atom stereocenters. The number of halogens is 3. The van der Waals surface area contributed by atoms with Gasteiger partial charge in [-0.05, 0) is 60.8 Å². The van der Waals surface area contributed by atoms with Crippen LogP contribution in [0.5, 0.6) is 0 Å². The minimum absolute atomic E-state index is 0.0293. The average molecular weight is 472 g/mol. The summed E-state index contributed by atoms with van der Waals surface area (Å²) in [7, 11) is -4.17. The van der Waals surface area contributed by atoms with Gasteiger partial charge in [-0.1, -0.05) is 17.9 Å². The molecule has 0 radical (unpaired) electrons. The van der Waals surface area contributed by atoms with Crippen LogP contribution >= 0.6 is 0 Å². The van der Waals surface area contributed by atoms with E-state index < -0.39 is 28.5 Å². The molecule has 1 aliphatic heterocycles. The molecule has 3 atom stereocenters. The van der Waals surface area contributed by atoms with Gasteiger partial charge in [-0.15, -0.1) is 0 Å². The largest absolute Gasteiger partial charge is 0.402 e. The summed E-state index contributed by atoms with van der Waals surface area (Å²) < 4.78 is 72.6. The van der Waals surface area contributed by atoms with Gasteiger partial charge in [0.25, 0.3) is 10.2 Å². The van der Waals surface area contributed by atoms with Crippen molar-refractivity contribution >= 4 is 10.2 Å². The van der Waals surface area contributed by atoms with Crippen LogP contribution in [0.2, 0.25) is 0 Å². The number of ether oxygens (including phenoxy) is 1. The molecule has 3 aliphatic rings. The highest BCUT2D eigenvalue weighted by molar-refractivity contribution is 7.87. The lowest BCUT2D eigenvalue weighted by molar-refractivity contribution is -0.136. The molecule has 0 amide bonds. The molecule has 1 aromatic rings. The fourth-order valence-corrected chi connectivity index (χ4v) is 7.10. The van der Waals surface area contributed by atoms with Gasteiger partial charge in [-0.25, -0.2) is 0 Å². The second-order valence-corrected chi connectivity index (χ2v) is 10.5. The summed E-state index contributed by atoms with van der Waals surface area (Å²) in [5.41, 5.74) is 7.64. The Morgan fingerprint density at radius 3 is 2.59 bits per heavy atom. The first-order valence-electron chi connectivity index (χ1n) is 10.9. The van der Waals surface area contributed by atoms with Gasteiger partial charge in [0.1, 0.15) is 6.54 Å². The number of nitrogens with one attached hydrogen (secondary N) is 1. The molecule has 176 valence electrons. The molecule has 0 aromatic heterocycles. The molecule has 32 heavy (non-hydrogen) atoms. The molecule has 6 nitrogen and oxygen atoms in total. The van der Waals surface area contributed by atoms with Crippen molar-refractivity contribution in [1.82, 2.24) is 9.03 Å². The highest BCUT2D eigenvalue weighted by Crippen LogP contribution is 2.50. The Labute approximate surface area is 186 Å². The van der Waals surface area contributed by atoms with Gasteiger partial charge in [-0.2, -0.15) is 30.6 Å². The Balaban J connectivity index is 1.52. The number of nitrogens with two attached hydrogens (primary N) is 1. The van der Waals surface area contributed by atoms with Crippen LogP contribution < -0.4 is 10.5 Å². The Kier molecular flexibility index (Phi) is 6.58. The molecule has 2 aliphatic carbocycles. The Bertz CT molecular complexity index is 1020. The first-order valence-corrected chi connectivity index (χ1v) is 12.3. The number of hydrogen-bond acceptors (Lipinski definition) is 4. The van der Waals surface area contributed by atoms with Gasteiger partial charge in [0.05, 0.1) is 18.8 Å². The van der Waals surface area contributed by atoms with Crippen LogP contribution in [0.15, 0.2) is 18.2 Å². The van der Waals surface area contributed by atoms with E-state index in [0.29, 0.717) is 43.3 Å². The Morgan fingerprint density at radius 1 is 1.19 bits per heavy atom. The number of alkyl halides is 3. The molecule has 1 saturated heterocycles. The van der Waals surface area contributed by atoms with E-state index in [4.69, 9.17) is 10.5 Å². The number of fused-ring (bicyclic) bond motifs is 1. The van der Waals surface area contributed by atoms with Crippen molar-refractivity contribution in [2.45, 2.75) is 43.8 Å². The number of hydrogen-bond donors (Lipinski definition) is 2. The summed E-state index contributed by atoms with van der Waals surface area (Å²) in [6.07, 6.45) is -1.10. The maximum Gasteiger partial charge on any atom is 0.402 e. The van der Waals surface area contributed by atoms with Crippen molar-refractivity contribution in [3.05, 3.63) is 34.9 Å². The lowest BCUT2D eigenvalue weighted by Crippen LogP contribution is -2.52. The predicted molar refractivity (Wildman–Crippen MR) is 114 cm³/mol. The van der Waals surface area contributed by atoms with Gasteiger partial charge >= 0.3 is 6.18 Å². The number of rotatable bonds is 5. The normalized spacial score (nSPS) is 28.9. The zero-order valence-corrected chi connectivity index (χ0v) is 18.6. The lowest BCUT2D eigenvalue weighted by Gasteiger charge is -2.33. The summed E-state index contributed by atoms with van der Waals surface area (Å²) in [6.45, 7) is -0.0736. The van der Waals surface area contributed by atoms with Crippen molar-refractivity contribution in [2.24, 2.45) is 17.6 Å². The molecular weight excluding hydrogens is 443 g/mol. The summed E-state index contributed by atoms with van der Waals surface area (Å²) in [6, 6.07) is 6.01. The van der Waals surface area contributed by atoms with E-state index in [1.807, 2.05) is 18.2 Å². The van der Waals surface area contributed by atoms with Gasteiger partial charge < -0.3 is 10.5 Å². The third-order valence-corrected chi connectivity index (χ3v) is 8.35. The van der Waals surface area contributed by atoms with Crippen LogP contribution in [0.3, 0.4) is 0 Å². The SMILES string of the molecule is NCCOCCC#Cc1ccc2c(c1)C[C@@H]1CC[C@H](C2)[C@]12CN(CC(F)(F)F)S(=O)(=O)N2. The Hall–Kier alpha value is -1.64. The molecule has 3 N–H and O–H groups in total. The van der Waals surface area contributed by atoms with Gasteiger partial charge in [0, 0.05) is 25.1 Å². The fourth-order valence-electron chi connectivity index (χ4n) is 5.40. The zero-order valence-electron chi connectivity index (χ0n) is 17.7. The van der Waals surface area contributed by atoms with E-state index in [0.717, 1.165) is 29.5 Å². The van der Waals surface area contributed by atoms with Crippen molar-refractivity contribution in [1.29, 1.82) is 0 Å². The first kappa shape index (κ1) is 23.5. The van der Waals surface area contributed by atoms with Crippen LogP contribution in [0.1, 0.15) is 36.0 Å². The van der Waals surface area contributed by atoms with Crippen molar-refractivity contribution in [2.75, 3.05) is 32.8 Å². The van der Waals surface area contributed by atoms with E-state index in [9.17, 15) is 21.6 Å². The van der Waals surface area contributed by atoms with E-state index in [-0.39, 0.29) is 18.4 Å². The standard InChI is InChI=1S/C22H28F3N3O3S/c23-22(24,25)15-28-14-21(27-32(28,29)30)19-6-7-20(21)13-18-11-16(4-5-17(18)12-19)3-1-2-9-31-10-8-26/h4-5,11,19-20,27H,2,6-10,12-15,26H2/t19-,20+,21-/m1/s1. The van der Waals surface area contributed by atoms with Crippen molar-refractivity contribution < 1.29 is 26.3 Å². The van der Waals surface area contributed by atoms with Crippen LogP contribution in [0.25, 0.3) is 0 Å². The second kappa shape index (κ2) is 8.95. The Morgan fingerprint density at radius 2 is 1.91 bits per heavy atom. The maximum absolute atomic E-state index is 13.0. The maximum atomic E-state index is 13.0. The summed E-state index contributed by atoms with van der Waals surface area (Å²) in [5, 5.41) is 0. The van der Waals surface area contributed by atoms with Crippen molar-refractivity contribution in [3.63, 3.8) is 0 Å². The molecule has 2 bridgehead atoms. The first-order chi connectivity index (χ1) is 15.1. The highest BCUT2D eigenvalue weighted by Gasteiger charge is 2.60. The van der Waals surface area contributed by atoms with Crippen LogP contribution in [0, 0.1) is 23.7 Å². The quantitative estimate of drug-likeness (QED) is 0.508. The highest BCUT2D eigenvalue weighted by atomic mass is 32.2. The minimum Gasteiger partial charge on any atom is -0.379 e. The molecule has 2 fully saturated rings. The lowest BCUT2D eigenvalue weighted by atomic mass is 9.79. The summed E-state index contributed by atoms with van der Waals surface area (Å²) in [5.74, 6) is 6.14. The summed E-state index contributed by atoms with van der Waals surface area (Å²) >= 11 is 0. The van der Waals surface area contributed by atoms with Gasteiger partial charge in [-0.3, -0.25) is 0 Å². The molecule has 1 saturated carbocycles. The third kappa shape index (κ3) is 4.82. The molecule has 1 spiro atoms. The molecule has 1 aromatic carbocycles. The average Bonchev–Trinajstić information content (AvgIpc) is 3.08. The van der Waals surface area contributed by atoms with Crippen LogP contribution in [0.4, 0.5) is 13.2 Å². The molecule has 10 heteroatoms. The predicted octanol–water partition coefficient (Wildman–Crippen LogP) is 1.98. The zero-order chi connectivity index (χ0) is 23.0. The molecule has 1 heterocycles. The number of benzene rings is 1. The van der Waals surface area contributed by atoms with E-state index in [2.05, 4.69) is 16.6 Å². The molecule has 4 rings (SSSR count). The van der Waals surface area contributed by atoms with Crippen LogP contribution in [-0.4, -0.2) is 57.3 Å². The molecular formula is C22H28F3N3O3S. The third-order valence-electron chi connectivity index (χ3n) is 6.78.